The van der Waals surface area contributed by atoms with Crippen LogP contribution in [0.15, 0.2) is 77.7 Å². The lowest BCUT2D eigenvalue weighted by Crippen LogP contribution is -2.06. The molecule has 0 heterocycles. The second kappa shape index (κ2) is 7.22. The first-order valence-electron chi connectivity index (χ1n) is 7.92. The van der Waals surface area contributed by atoms with Crippen LogP contribution in [0.3, 0.4) is 0 Å². The van der Waals surface area contributed by atoms with Gasteiger partial charge in [0.05, 0.1) is 9.80 Å². The molecule has 0 unspecified atom stereocenters. The minimum atomic E-state index is -4.05. The van der Waals surface area contributed by atoms with Crippen LogP contribution in [0, 0.1) is 18.6 Å². The molecule has 26 heavy (non-hydrogen) atoms. The van der Waals surface area contributed by atoms with Gasteiger partial charge in [0.1, 0.15) is 11.6 Å². The number of benzene rings is 3. The molecule has 3 aromatic carbocycles. The molecular formula is C21H16F2O2S. The molecule has 0 saturated heterocycles. The first-order valence-corrected chi connectivity index (χ1v) is 9.41. The van der Waals surface area contributed by atoms with Crippen molar-refractivity contribution in [1.82, 2.24) is 0 Å². The molecule has 132 valence electrons. The Balaban J connectivity index is 2.26. The summed E-state index contributed by atoms with van der Waals surface area (Å²) in [7, 11) is -4.05. The van der Waals surface area contributed by atoms with Gasteiger partial charge in [-0.15, -0.1) is 0 Å². The fourth-order valence-corrected chi connectivity index (χ4v) is 4.02. The molecule has 0 atom stereocenters. The number of halogens is 2. The molecule has 2 nitrogen and oxygen atoms in total. The van der Waals surface area contributed by atoms with Crippen LogP contribution in [0.1, 0.15) is 16.7 Å². The largest absolute Gasteiger partial charge is 0.218 e. The maximum absolute atomic E-state index is 14.4. The van der Waals surface area contributed by atoms with Crippen molar-refractivity contribution in [3.63, 3.8) is 0 Å². The van der Waals surface area contributed by atoms with Gasteiger partial charge in [0.15, 0.2) is 0 Å². The van der Waals surface area contributed by atoms with E-state index in [0.29, 0.717) is 0 Å². The number of sulfone groups is 1. The molecule has 0 saturated carbocycles. The number of hydrogen-bond acceptors (Lipinski definition) is 2. The Hall–Kier alpha value is -2.79. The second-order valence-corrected chi connectivity index (χ2v) is 7.74. The zero-order valence-electron chi connectivity index (χ0n) is 14.0. The quantitative estimate of drug-likeness (QED) is 0.588. The van der Waals surface area contributed by atoms with Gasteiger partial charge >= 0.3 is 0 Å². The lowest BCUT2D eigenvalue weighted by molar-refractivity contribution is 0.603. The third kappa shape index (κ3) is 3.58. The highest BCUT2D eigenvalue weighted by molar-refractivity contribution is 8.00. The topological polar surface area (TPSA) is 34.1 Å². The van der Waals surface area contributed by atoms with E-state index < -0.39 is 21.5 Å². The van der Waals surface area contributed by atoms with Crippen molar-refractivity contribution in [3.8, 4) is 0 Å². The van der Waals surface area contributed by atoms with Gasteiger partial charge < -0.3 is 0 Å². The Kier molecular flexibility index (Phi) is 5.00. The SMILES string of the molecule is Cc1ccc(S(=O)(=O)/C(=C/c2ccccc2F)c2ccccc2F)cc1. The van der Waals surface area contributed by atoms with Gasteiger partial charge in [-0.05, 0) is 37.3 Å². The number of aryl methyl sites for hydroxylation is 1. The van der Waals surface area contributed by atoms with E-state index in [0.717, 1.165) is 5.56 Å². The lowest BCUT2D eigenvalue weighted by atomic mass is 10.1. The Morgan fingerprint density at radius 3 is 2.00 bits per heavy atom. The van der Waals surface area contributed by atoms with Gasteiger partial charge in [-0.25, -0.2) is 17.2 Å². The molecular weight excluding hydrogens is 354 g/mol. The van der Waals surface area contributed by atoms with E-state index in [1.54, 1.807) is 18.2 Å². The Labute approximate surface area is 151 Å². The van der Waals surface area contributed by atoms with Crippen molar-refractivity contribution in [1.29, 1.82) is 0 Å². The zero-order chi connectivity index (χ0) is 18.7. The van der Waals surface area contributed by atoms with Crippen LogP contribution in [0.4, 0.5) is 8.78 Å². The molecule has 0 radical (unpaired) electrons. The number of hydrogen-bond donors (Lipinski definition) is 0. The van der Waals surface area contributed by atoms with Gasteiger partial charge in [-0.2, -0.15) is 0 Å². The molecule has 0 aliphatic rings. The van der Waals surface area contributed by atoms with E-state index in [2.05, 4.69) is 0 Å². The molecule has 0 bridgehead atoms. The predicted molar refractivity (Wildman–Crippen MR) is 99.0 cm³/mol. The van der Waals surface area contributed by atoms with Crippen LogP contribution in [-0.4, -0.2) is 8.42 Å². The average molecular weight is 370 g/mol. The third-order valence-electron chi connectivity index (χ3n) is 3.95. The van der Waals surface area contributed by atoms with Crippen molar-refractivity contribution >= 4 is 20.8 Å². The van der Waals surface area contributed by atoms with Crippen LogP contribution in [0.2, 0.25) is 0 Å². The first kappa shape index (κ1) is 18.0. The van der Waals surface area contributed by atoms with E-state index >= 15 is 0 Å². The van der Waals surface area contributed by atoms with Crippen LogP contribution in [0.5, 0.6) is 0 Å². The van der Waals surface area contributed by atoms with Crippen molar-refractivity contribution < 1.29 is 17.2 Å². The van der Waals surface area contributed by atoms with Crippen molar-refractivity contribution in [2.75, 3.05) is 0 Å². The molecule has 0 aliphatic heterocycles. The minimum absolute atomic E-state index is 0.0222. The Bertz CT molecular complexity index is 1070. The molecule has 0 aromatic heterocycles. The molecule has 5 heteroatoms. The fraction of sp³-hybridized carbons (Fsp3) is 0.0476. The van der Waals surface area contributed by atoms with Crippen molar-refractivity contribution in [2.24, 2.45) is 0 Å². The monoisotopic (exact) mass is 370 g/mol. The van der Waals surface area contributed by atoms with Crippen molar-refractivity contribution in [2.45, 2.75) is 11.8 Å². The summed E-state index contributed by atoms with van der Waals surface area (Å²) in [4.78, 5) is -0.265. The third-order valence-corrected chi connectivity index (χ3v) is 5.76. The predicted octanol–water partition coefficient (Wildman–Crippen LogP) is 5.25. The van der Waals surface area contributed by atoms with Gasteiger partial charge in [-0.3, -0.25) is 0 Å². The van der Waals surface area contributed by atoms with Crippen LogP contribution < -0.4 is 0 Å². The minimum Gasteiger partial charge on any atom is -0.218 e. The van der Waals surface area contributed by atoms with Crippen LogP contribution in [-0.2, 0) is 9.84 Å². The van der Waals surface area contributed by atoms with E-state index in [1.165, 1.54) is 60.7 Å². The lowest BCUT2D eigenvalue weighted by Gasteiger charge is -2.12. The van der Waals surface area contributed by atoms with Crippen LogP contribution >= 0.6 is 0 Å². The van der Waals surface area contributed by atoms with Gasteiger partial charge in [-0.1, -0.05) is 54.1 Å². The summed E-state index contributed by atoms with van der Waals surface area (Å²) >= 11 is 0. The Morgan fingerprint density at radius 2 is 1.38 bits per heavy atom. The maximum atomic E-state index is 14.4. The summed E-state index contributed by atoms with van der Waals surface area (Å²) in [5, 5.41) is 0. The molecule has 0 amide bonds. The summed E-state index contributed by atoms with van der Waals surface area (Å²) in [6.07, 6.45) is 1.17. The summed E-state index contributed by atoms with van der Waals surface area (Å²) in [6.45, 7) is 1.84. The zero-order valence-corrected chi connectivity index (χ0v) is 14.8. The summed E-state index contributed by atoms with van der Waals surface area (Å²) in [5.74, 6) is -1.27. The van der Waals surface area contributed by atoms with E-state index in [9.17, 15) is 17.2 Å². The van der Waals surface area contributed by atoms with E-state index in [4.69, 9.17) is 0 Å². The second-order valence-electron chi connectivity index (χ2n) is 5.83. The smallest absolute Gasteiger partial charge is 0.207 e. The summed E-state index contributed by atoms with van der Waals surface area (Å²) in [6, 6.07) is 17.6. The summed E-state index contributed by atoms with van der Waals surface area (Å²) < 4.78 is 54.7. The number of rotatable bonds is 4. The van der Waals surface area contributed by atoms with Crippen molar-refractivity contribution in [3.05, 3.63) is 101 Å². The van der Waals surface area contributed by atoms with Gasteiger partial charge in [0, 0.05) is 11.1 Å². The Morgan fingerprint density at radius 1 is 0.808 bits per heavy atom. The van der Waals surface area contributed by atoms with E-state index in [1.807, 2.05) is 6.92 Å². The average Bonchev–Trinajstić information content (AvgIpc) is 2.62. The highest BCUT2D eigenvalue weighted by atomic mass is 32.2. The maximum Gasteiger partial charge on any atom is 0.207 e. The highest BCUT2D eigenvalue weighted by Gasteiger charge is 2.25. The molecule has 0 fully saturated rings. The molecule has 0 spiro atoms. The normalized spacial score (nSPS) is 12.2. The molecule has 0 aliphatic carbocycles. The fourth-order valence-electron chi connectivity index (χ4n) is 2.54. The summed E-state index contributed by atoms with van der Waals surface area (Å²) in [5.41, 5.74) is 0.868. The van der Waals surface area contributed by atoms with Crippen LogP contribution in [0.25, 0.3) is 11.0 Å². The molecule has 0 N–H and O–H groups in total. The highest BCUT2D eigenvalue weighted by Crippen LogP contribution is 2.32. The molecule has 3 aromatic rings. The van der Waals surface area contributed by atoms with Gasteiger partial charge in [0.25, 0.3) is 0 Å². The first-order chi connectivity index (χ1) is 12.4. The molecule has 3 rings (SSSR count). The van der Waals surface area contributed by atoms with Gasteiger partial charge in [0.2, 0.25) is 9.84 Å². The standard InChI is InChI=1S/C21H16F2O2S/c1-15-10-12-17(13-11-15)26(24,25)21(18-7-3-5-9-20(18)23)14-16-6-2-4-8-19(16)22/h2-14H,1H3/b21-14+. The van der Waals surface area contributed by atoms with E-state index in [-0.39, 0.29) is 20.9 Å².